The molecule has 3 heterocycles. The van der Waals surface area contributed by atoms with Crippen LogP contribution < -0.4 is 10.3 Å². The van der Waals surface area contributed by atoms with E-state index in [9.17, 15) is 18.8 Å². The summed E-state index contributed by atoms with van der Waals surface area (Å²) in [5, 5.41) is -0.00473. The van der Waals surface area contributed by atoms with Crippen LogP contribution in [-0.2, 0) is 15.1 Å². The number of likely N-dealkylation sites (N-methyl/N-ethyl adjacent to an activating group) is 1. The summed E-state index contributed by atoms with van der Waals surface area (Å²) in [7, 11) is 1.55. The van der Waals surface area contributed by atoms with E-state index in [1.165, 1.54) is 11.0 Å². The van der Waals surface area contributed by atoms with E-state index >= 15 is 0 Å². The zero-order valence-electron chi connectivity index (χ0n) is 17.7. The average molecular weight is 436 g/mol. The number of amides is 2. The van der Waals surface area contributed by atoms with E-state index in [-0.39, 0.29) is 28.8 Å². The van der Waals surface area contributed by atoms with Crippen molar-refractivity contribution in [3.05, 3.63) is 75.4 Å². The van der Waals surface area contributed by atoms with Crippen LogP contribution in [0, 0.1) is 5.82 Å². The Labute approximate surface area is 183 Å². The molecular formula is C24H21FN2O5. The van der Waals surface area contributed by atoms with E-state index in [1.807, 2.05) is 6.92 Å². The van der Waals surface area contributed by atoms with Gasteiger partial charge in [0.25, 0.3) is 11.8 Å². The lowest BCUT2D eigenvalue weighted by molar-refractivity contribution is -0.126. The summed E-state index contributed by atoms with van der Waals surface area (Å²) in [4.78, 5) is 44.2. The van der Waals surface area contributed by atoms with Gasteiger partial charge in [0.2, 0.25) is 5.76 Å². The van der Waals surface area contributed by atoms with Crippen molar-refractivity contribution < 1.29 is 23.1 Å². The van der Waals surface area contributed by atoms with E-state index in [2.05, 4.69) is 0 Å². The maximum Gasteiger partial charge on any atom is 0.291 e. The van der Waals surface area contributed by atoms with Gasteiger partial charge in [0.05, 0.1) is 16.6 Å². The Morgan fingerprint density at radius 2 is 1.91 bits per heavy atom. The van der Waals surface area contributed by atoms with Gasteiger partial charge in [0, 0.05) is 32.4 Å². The Balaban J connectivity index is 1.88. The minimum Gasteiger partial charge on any atom is -0.450 e. The molecule has 2 aliphatic heterocycles. The molecule has 0 bridgehead atoms. The zero-order chi connectivity index (χ0) is 22.6. The number of nitrogens with zero attached hydrogens (tertiary/aromatic N) is 2. The summed E-state index contributed by atoms with van der Waals surface area (Å²) in [6, 6.07) is 10.7. The van der Waals surface area contributed by atoms with Gasteiger partial charge in [-0.2, -0.15) is 0 Å². The fourth-order valence-electron chi connectivity index (χ4n) is 4.94. The van der Waals surface area contributed by atoms with Crippen LogP contribution >= 0.6 is 0 Å². The highest BCUT2D eigenvalue weighted by molar-refractivity contribution is 6.17. The molecule has 0 fully saturated rings. The first-order valence-electron chi connectivity index (χ1n) is 10.5. The third kappa shape index (κ3) is 2.47. The van der Waals surface area contributed by atoms with E-state index in [4.69, 9.17) is 9.15 Å². The SMILES string of the molecule is CCN1C(=O)C2(c3ccccc31)c1c(oc3ccc(F)cc3c1=O)C(=O)N2CCCOC. The molecular weight excluding hydrogens is 415 g/mol. The van der Waals surface area contributed by atoms with Gasteiger partial charge >= 0.3 is 0 Å². The lowest BCUT2D eigenvalue weighted by Crippen LogP contribution is -2.53. The minimum absolute atomic E-state index is 0.00473. The molecule has 8 heteroatoms. The Morgan fingerprint density at radius 3 is 2.66 bits per heavy atom. The second-order valence-electron chi connectivity index (χ2n) is 7.86. The van der Waals surface area contributed by atoms with Gasteiger partial charge in [0.15, 0.2) is 11.0 Å². The summed E-state index contributed by atoms with van der Waals surface area (Å²) >= 11 is 0. The van der Waals surface area contributed by atoms with Gasteiger partial charge in [0.1, 0.15) is 11.4 Å². The summed E-state index contributed by atoms with van der Waals surface area (Å²) in [5.74, 6) is -1.71. The van der Waals surface area contributed by atoms with Crippen molar-refractivity contribution in [3.63, 3.8) is 0 Å². The van der Waals surface area contributed by atoms with Crippen molar-refractivity contribution in [3.8, 4) is 0 Å². The highest BCUT2D eigenvalue weighted by Crippen LogP contribution is 2.52. The molecule has 2 aromatic carbocycles. The number of halogens is 1. The molecule has 1 atom stereocenters. The van der Waals surface area contributed by atoms with E-state index in [0.29, 0.717) is 30.8 Å². The van der Waals surface area contributed by atoms with Gasteiger partial charge in [-0.05, 0) is 37.6 Å². The normalized spacial score (nSPS) is 19.3. The quantitative estimate of drug-likeness (QED) is 0.575. The third-order valence-electron chi connectivity index (χ3n) is 6.24. The minimum atomic E-state index is -1.66. The number of rotatable bonds is 5. The van der Waals surface area contributed by atoms with Gasteiger partial charge in [-0.3, -0.25) is 14.4 Å². The highest BCUT2D eigenvalue weighted by Gasteiger charge is 2.64. The molecule has 1 aromatic heterocycles. The van der Waals surface area contributed by atoms with Crippen molar-refractivity contribution in [2.24, 2.45) is 0 Å². The Bertz CT molecular complexity index is 1330. The molecule has 0 N–H and O–H groups in total. The van der Waals surface area contributed by atoms with E-state index in [0.717, 1.165) is 12.1 Å². The Kier molecular flexibility index (Phi) is 4.63. The van der Waals surface area contributed by atoms with Crippen LogP contribution in [0.2, 0.25) is 0 Å². The number of carbonyl (C=O) groups is 2. The summed E-state index contributed by atoms with van der Waals surface area (Å²) < 4.78 is 25.0. The lowest BCUT2D eigenvalue weighted by Gasteiger charge is -2.34. The first-order chi connectivity index (χ1) is 15.5. The molecule has 1 unspecified atom stereocenters. The number of fused-ring (bicyclic) bond motifs is 5. The molecule has 3 aromatic rings. The van der Waals surface area contributed by atoms with Crippen molar-refractivity contribution >= 4 is 28.5 Å². The second kappa shape index (κ2) is 7.27. The first-order valence-corrected chi connectivity index (χ1v) is 10.5. The molecule has 2 amide bonds. The highest BCUT2D eigenvalue weighted by atomic mass is 19.1. The standard InChI is InChI=1S/C24H21FN2O5/c1-3-26-17-8-5-4-7-16(17)24(23(26)30)19-20(28)15-13-14(25)9-10-18(15)32-21(19)22(29)27(24)11-6-12-31-2/h4-5,7-10,13H,3,6,11-12H2,1-2H3. The molecule has 2 aliphatic rings. The van der Waals surface area contributed by atoms with Crippen molar-refractivity contribution in [2.75, 3.05) is 31.7 Å². The number of anilines is 1. The lowest BCUT2D eigenvalue weighted by atomic mass is 9.84. The number of methoxy groups -OCH3 is 1. The number of hydrogen-bond donors (Lipinski definition) is 0. The fourth-order valence-corrected chi connectivity index (χ4v) is 4.94. The van der Waals surface area contributed by atoms with Crippen LogP contribution in [0.1, 0.15) is 35.0 Å². The van der Waals surface area contributed by atoms with Crippen LogP contribution in [0.25, 0.3) is 11.0 Å². The Morgan fingerprint density at radius 1 is 1.12 bits per heavy atom. The predicted octanol–water partition coefficient (Wildman–Crippen LogP) is 3.03. The summed E-state index contributed by atoms with van der Waals surface area (Å²) in [5.41, 5.74) is -1.01. The molecule has 7 nitrogen and oxygen atoms in total. The van der Waals surface area contributed by atoms with Crippen LogP contribution in [0.3, 0.4) is 0 Å². The Hall–Kier alpha value is -3.52. The number of hydrogen-bond acceptors (Lipinski definition) is 5. The van der Waals surface area contributed by atoms with Crippen molar-refractivity contribution in [1.82, 2.24) is 4.90 Å². The van der Waals surface area contributed by atoms with Crippen molar-refractivity contribution in [1.29, 1.82) is 0 Å². The summed E-state index contributed by atoms with van der Waals surface area (Å²) in [6.45, 7) is 2.75. The molecule has 5 rings (SSSR count). The molecule has 0 saturated carbocycles. The molecule has 0 saturated heterocycles. The van der Waals surface area contributed by atoms with Crippen LogP contribution in [0.5, 0.6) is 0 Å². The third-order valence-corrected chi connectivity index (χ3v) is 6.24. The zero-order valence-corrected chi connectivity index (χ0v) is 17.7. The van der Waals surface area contributed by atoms with Crippen LogP contribution in [0.4, 0.5) is 10.1 Å². The number of carbonyl (C=O) groups excluding carboxylic acids is 2. The largest absolute Gasteiger partial charge is 0.450 e. The van der Waals surface area contributed by atoms with Crippen LogP contribution in [0.15, 0.2) is 51.7 Å². The molecule has 32 heavy (non-hydrogen) atoms. The number of benzene rings is 2. The maximum atomic E-state index is 14.0. The topological polar surface area (TPSA) is 80.1 Å². The van der Waals surface area contributed by atoms with Crippen molar-refractivity contribution in [2.45, 2.75) is 18.9 Å². The van der Waals surface area contributed by atoms with Crippen LogP contribution in [-0.4, -0.2) is 43.5 Å². The molecule has 0 radical (unpaired) electrons. The predicted molar refractivity (Wildman–Crippen MR) is 115 cm³/mol. The first kappa shape index (κ1) is 20.4. The van der Waals surface area contributed by atoms with Gasteiger partial charge in [-0.25, -0.2) is 4.39 Å². The number of ether oxygens (including phenoxy) is 1. The smallest absolute Gasteiger partial charge is 0.291 e. The van der Waals surface area contributed by atoms with Gasteiger partial charge in [-0.1, -0.05) is 18.2 Å². The van der Waals surface area contributed by atoms with Gasteiger partial charge in [-0.15, -0.1) is 0 Å². The molecule has 1 spiro atoms. The van der Waals surface area contributed by atoms with Gasteiger partial charge < -0.3 is 19.0 Å². The summed E-state index contributed by atoms with van der Waals surface area (Å²) in [6.07, 6.45) is 0.460. The molecule has 0 aliphatic carbocycles. The number of para-hydroxylation sites is 1. The maximum absolute atomic E-state index is 14.0. The average Bonchev–Trinajstić information content (AvgIpc) is 3.19. The monoisotopic (exact) mass is 436 g/mol. The van der Waals surface area contributed by atoms with E-state index in [1.54, 1.807) is 36.3 Å². The van der Waals surface area contributed by atoms with E-state index < -0.39 is 28.6 Å². The fraction of sp³-hybridized carbons (Fsp3) is 0.292. The molecule has 164 valence electrons. The second-order valence-corrected chi connectivity index (χ2v) is 7.86.